The van der Waals surface area contributed by atoms with Gasteiger partial charge in [-0.15, -0.1) is 0 Å². The molecule has 132 valence electrons. The Bertz CT molecular complexity index is 547. The summed E-state index contributed by atoms with van der Waals surface area (Å²) in [6, 6.07) is 6.82. The average molecular weight is 335 g/mol. The maximum absolute atomic E-state index is 12.1. The van der Waals surface area contributed by atoms with Crippen molar-refractivity contribution in [3.63, 3.8) is 0 Å². The van der Waals surface area contributed by atoms with Crippen molar-refractivity contribution in [1.29, 1.82) is 0 Å². The molecule has 0 aromatic heterocycles. The van der Waals surface area contributed by atoms with Crippen LogP contribution in [0.25, 0.3) is 0 Å². The highest BCUT2D eigenvalue weighted by atomic mass is 16.5. The third kappa shape index (κ3) is 5.50. The second-order valence-corrected chi connectivity index (χ2v) is 5.79. The van der Waals surface area contributed by atoms with E-state index in [1.165, 1.54) is 0 Å². The normalized spacial score (nSPS) is 18.0. The van der Waals surface area contributed by atoms with Gasteiger partial charge >= 0.3 is 11.8 Å². The number of piperidine rings is 1. The van der Waals surface area contributed by atoms with Crippen LogP contribution in [0.1, 0.15) is 12.8 Å². The number of ether oxygens (including phenoxy) is 2. The second-order valence-electron chi connectivity index (χ2n) is 5.79. The van der Waals surface area contributed by atoms with Crippen LogP contribution in [0.5, 0.6) is 5.75 Å². The largest absolute Gasteiger partial charge is 0.497 e. The van der Waals surface area contributed by atoms with E-state index in [2.05, 4.69) is 15.5 Å². The van der Waals surface area contributed by atoms with Gasteiger partial charge < -0.3 is 20.1 Å². The molecule has 0 unspecified atom stereocenters. The van der Waals surface area contributed by atoms with E-state index in [-0.39, 0.29) is 6.04 Å². The molecule has 1 fully saturated rings. The Balaban J connectivity index is 1.81. The van der Waals surface area contributed by atoms with Crippen LogP contribution in [0, 0.1) is 0 Å². The minimum Gasteiger partial charge on any atom is -0.497 e. The van der Waals surface area contributed by atoms with Crippen molar-refractivity contribution in [3.8, 4) is 5.75 Å². The van der Waals surface area contributed by atoms with Gasteiger partial charge in [-0.1, -0.05) is 0 Å². The summed E-state index contributed by atoms with van der Waals surface area (Å²) in [5.41, 5.74) is 0.557. The first-order valence-corrected chi connectivity index (χ1v) is 8.09. The number of nitrogens with zero attached hydrogens (tertiary/aromatic N) is 1. The fourth-order valence-corrected chi connectivity index (χ4v) is 2.71. The van der Waals surface area contributed by atoms with Crippen molar-refractivity contribution in [2.45, 2.75) is 18.9 Å². The van der Waals surface area contributed by atoms with E-state index in [0.29, 0.717) is 18.0 Å². The first kappa shape index (κ1) is 18.2. The van der Waals surface area contributed by atoms with Crippen LogP contribution in [-0.4, -0.2) is 63.2 Å². The van der Waals surface area contributed by atoms with Crippen molar-refractivity contribution in [1.82, 2.24) is 10.2 Å². The number of methoxy groups -OCH3 is 2. The predicted octanol–water partition coefficient (Wildman–Crippen LogP) is 0.861. The Morgan fingerprint density at radius 2 is 1.96 bits per heavy atom. The van der Waals surface area contributed by atoms with Crippen LogP contribution >= 0.6 is 0 Å². The topological polar surface area (TPSA) is 79.9 Å². The van der Waals surface area contributed by atoms with E-state index in [1.54, 1.807) is 38.5 Å². The Hall–Kier alpha value is -2.12. The van der Waals surface area contributed by atoms with Gasteiger partial charge in [0.15, 0.2) is 0 Å². The van der Waals surface area contributed by atoms with E-state index < -0.39 is 11.8 Å². The van der Waals surface area contributed by atoms with Crippen LogP contribution in [-0.2, 0) is 14.3 Å². The summed E-state index contributed by atoms with van der Waals surface area (Å²) in [7, 11) is 3.24. The summed E-state index contributed by atoms with van der Waals surface area (Å²) in [4.78, 5) is 26.3. The third-order valence-electron chi connectivity index (χ3n) is 4.01. The zero-order valence-electron chi connectivity index (χ0n) is 14.2. The van der Waals surface area contributed by atoms with Crippen LogP contribution in [0.2, 0.25) is 0 Å². The molecule has 2 amide bonds. The smallest absolute Gasteiger partial charge is 0.313 e. The summed E-state index contributed by atoms with van der Waals surface area (Å²) in [6.45, 7) is 3.23. The minimum absolute atomic E-state index is 0.00952. The lowest BCUT2D eigenvalue weighted by molar-refractivity contribution is -0.136. The van der Waals surface area contributed by atoms with Gasteiger partial charge in [0.2, 0.25) is 0 Å². The number of amides is 2. The van der Waals surface area contributed by atoms with Crippen LogP contribution in [0.4, 0.5) is 5.69 Å². The van der Waals surface area contributed by atoms with E-state index in [4.69, 9.17) is 9.47 Å². The highest BCUT2D eigenvalue weighted by molar-refractivity contribution is 6.39. The van der Waals surface area contributed by atoms with Crippen molar-refractivity contribution in [3.05, 3.63) is 24.3 Å². The molecule has 0 radical (unpaired) electrons. The summed E-state index contributed by atoms with van der Waals surface area (Å²) in [5.74, 6) is -0.575. The van der Waals surface area contributed by atoms with Gasteiger partial charge in [0.1, 0.15) is 5.75 Å². The lowest BCUT2D eigenvalue weighted by atomic mass is 10.1. The zero-order valence-corrected chi connectivity index (χ0v) is 14.2. The molecule has 2 rings (SSSR count). The molecule has 2 N–H and O–H groups in total. The molecule has 1 atom stereocenters. The van der Waals surface area contributed by atoms with Crippen molar-refractivity contribution >= 4 is 17.5 Å². The molecule has 1 aromatic carbocycles. The lowest BCUT2D eigenvalue weighted by Crippen LogP contribution is -2.50. The van der Waals surface area contributed by atoms with Crippen LogP contribution in [0.15, 0.2) is 24.3 Å². The number of likely N-dealkylation sites (tertiary alicyclic amines) is 1. The number of rotatable bonds is 6. The summed E-state index contributed by atoms with van der Waals surface area (Å²) >= 11 is 0. The van der Waals surface area contributed by atoms with E-state index in [1.807, 2.05) is 0 Å². The highest BCUT2D eigenvalue weighted by Crippen LogP contribution is 2.15. The first-order valence-electron chi connectivity index (χ1n) is 8.09. The van der Waals surface area contributed by atoms with Crippen LogP contribution < -0.4 is 15.4 Å². The van der Waals surface area contributed by atoms with Gasteiger partial charge in [-0.05, 0) is 43.7 Å². The van der Waals surface area contributed by atoms with Crippen molar-refractivity contribution in [2.24, 2.45) is 0 Å². The summed E-state index contributed by atoms with van der Waals surface area (Å²) in [5, 5.41) is 5.40. The first-order chi connectivity index (χ1) is 11.6. The van der Waals surface area contributed by atoms with Gasteiger partial charge in [-0.3, -0.25) is 14.5 Å². The summed E-state index contributed by atoms with van der Waals surface area (Å²) < 4.78 is 10.1. The number of hydrogen-bond donors (Lipinski definition) is 2. The molecule has 1 aliphatic heterocycles. The number of carbonyl (C=O) groups is 2. The second kappa shape index (κ2) is 9.24. The molecule has 0 saturated carbocycles. The molecule has 1 heterocycles. The molecule has 7 nitrogen and oxygen atoms in total. The molecular weight excluding hydrogens is 310 g/mol. The molecule has 7 heteroatoms. The Labute approximate surface area is 142 Å². The standard InChI is InChI=1S/C17H25N3O4/c1-23-11-10-20-9-3-4-14(12-20)19-17(22)16(21)18-13-5-7-15(24-2)8-6-13/h5-8,14H,3-4,9-12H2,1-2H3,(H,18,21)(H,19,22)/t14-/m1/s1. The Kier molecular flexibility index (Phi) is 7.02. The van der Waals surface area contributed by atoms with Crippen molar-refractivity contribution in [2.75, 3.05) is 45.8 Å². The average Bonchev–Trinajstić information content (AvgIpc) is 2.61. The number of carbonyl (C=O) groups excluding carboxylic acids is 2. The quantitative estimate of drug-likeness (QED) is 0.754. The fourth-order valence-electron chi connectivity index (χ4n) is 2.71. The van der Waals surface area contributed by atoms with Gasteiger partial charge in [0.25, 0.3) is 0 Å². The monoisotopic (exact) mass is 335 g/mol. The Morgan fingerprint density at radius 3 is 2.62 bits per heavy atom. The van der Waals surface area contributed by atoms with E-state index >= 15 is 0 Å². The SMILES string of the molecule is COCCN1CCC[C@@H](NC(=O)C(=O)Nc2ccc(OC)cc2)C1. The molecule has 0 aliphatic carbocycles. The van der Waals surface area contributed by atoms with E-state index in [9.17, 15) is 9.59 Å². The molecular formula is C17H25N3O4. The molecule has 1 aliphatic rings. The highest BCUT2D eigenvalue weighted by Gasteiger charge is 2.23. The number of nitrogens with one attached hydrogen (secondary N) is 2. The van der Waals surface area contributed by atoms with Gasteiger partial charge in [-0.2, -0.15) is 0 Å². The Morgan fingerprint density at radius 1 is 1.21 bits per heavy atom. The van der Waals surface area contributed by atoms with Gasteiger partial charge in [0.05, 0.1) is 13.7 Å². The molecule has 1 aromatic rings. The number of benzene rings is 1. The van der Waals surface area contributed by atoms with Gasteiger partial charge in [-0.25, -0.2) is 0 Å². The number of hydrogen-bond acceptors (Lipinski definition) is 5. The summed E-state index contributed by atoms with van der Waals surface area (Å²) in [6.07, 6.45) is 1.87. The minimum atomic E-state index is -0.658. The van der Waals surface area contributed by atoms with Gasteiger partial charge in [0, 0.05) is 31.9 Å². The molecule has 1 saturated heterocycles. The van der Waals surface area contributed by atoms with E-state index in [0.717, 1.165) is 32.5 Å². The lowest BCUT2D eigenvalue weighted by Gasteiger charge is -2.32. The molecule has 24 heavy (non-hydrogen) atoms. The fraction of sp³-hybridized carbons (Fsp3) is 0.529. The van der Waals surface area contributed by atoms with Crippen LogP contribution in [0.3, 0.4) is 0 Å². The molecule has 0 spiro atoms. The maximum Gasteiger partial charge on any atom is 0.313 e. The number of anilines is 1. The van der Waals surface area contributed by atoms with Crippen molar-refractivity contribution < 1.29 is 19.1 Å². The predicted molar refractivity (Wildman–Crippen MR) is 91.1 cm³/mol. The zero-order chi connectivity index (χ0) is 17.4. The maximum atomic E-state index is 12.1. The third-order valence-corrected chi connectivity index (χ3v) is 4.01. The molecule has 0 bridgehead atoms.